The summed E-state index contributed by atoms with van der Waals surface area (Å²) in [6, 6.07) is 5.81. The van der Waals surface area contributed by atoms with E-state index in [9.17, 15) is 9.59 Å². The van der Waals surface area contributed by atoms with Crippen LogP contribution >= 0.6 is 23.1 Å². The molecule has 0 bridgehead atoms. The number of ether oxygens (including phenoxy) is 3. The topological polar surface area (TPSA) is 99.6 Å². The van der Waals surface area contributed by atoms with Crippen LogP contribution in [-0.2, 0) is 9.53 Å². The fourth-order valence-corrected chi connectivity index (χ4v) is 4.66. The Labute approximate surface area is 181 Å². The monoisotopic (exact) mass is 445 g/mol. The second kappa shape index (κ2) is 8.49. The molecule has 30 heavy (non-hydrogen) atoms. The van der Waals surface area contributed by atoms with Crippen LogP contribution < -0.4 is 14.8 Å². The Bertz CT molecular complexity index is 1150. The highest BCUT2D eigenvalue weighted by molar-refractivity contribution is 8.00. The number of anilines is 1. The van der Waals surface area contributed by atoms with E-state index in [4.69, 9.17) is 14.2 Å². The van der Waals surface area contributed by atoms with Crippen molar-refractivity contribution in [2.45, 2.75) is 18.9 Å². The molecule has 0 saturated carbocycles. The van der Waals surface area contributed by atoms with Gasteiger partial charge in [0.25, 0.3) is 0 Å². The number of nitrogens with zero attached hydrogens (tertiary/aromatic N) is 2. The number of esters is 1. The molecule has 3 heterocycles. The van der Waals surface area contributed by atoms with E-state index < -0.39 is 5.97 Å². The maximum atomic E-state index is 12.4. The summed E-state index contributed by atoms with van der Waals surface area (Å²) in [5, 5.41) is 4.81. The Hall–Kier alpha value is -2.85. The Balaban J connectivity index is 1.46. The maximum absolute atomic E-state index is 12.4. The average molecular weight is 446 g/mol. The fraction of sp³-hybridized carbons (Fsp3) is 0.300. The van der Waals surface area contributed by atoms with Crippen LogP contribution in [0.3, 0.4) is 0 Å². The number of fused-ring (bicyclic) bond motifs is 2. The summed E-state index contributed by atoms with van der Waals surface area (Å²) >= 11 is 2.43. The van der Waals surface area contributed by atoms with Crippen molar-refractivity contribution in [2.24, 2.45) is 0 Å². The maximum Gasteiger partial charge on any atom is 0.350 e. The minimum atomic E-state index is -0.465. The number of rotatable bonds is 5. The van der Waals surface area contributed by atoms with Crippen molar-refractivity contribution < 1.29 is 23.8 Å². The summed E-state index contributed by atoms with van der Waals surface area (Å²) in [5.41, 5.74) is 2.28. The summed E-state index contributed by atoms with van der Waals surface area (Å²) in [7, 11) is 1.31. The van der Waals surface area contributed by atoms with Crippen molar-refractivity contribution in [3.8, 4) is 11.5 Å². The number of hydrogen-bond donors (Lipinski definition) is 1. The van der Waals surface area contributed by atoms with Gasteiger partial charge in [0.1, 0.15) is 23.1 Å². The van der Waals surface area contributed by atoms with Gasteiger partial charge in [-0.3, -0.25) is 4.79 Å². The molecule has 0 atom stereocenters. The van der Waals surface area contributed by atoms with Crippen LogP contribution in [0, 0.1) is 13.8 Å². The lowest BCUT2D eigenvalue weighted by atomic mass is 10.1. The molecule has 1 amide bonds. The van der Waals surface area contributed by atoms with Gasteiger partial charge in [-0.05, 0) is 31.5 Å². The number of amides is 1. The van der Waals surface area contributed by atoms with Gasteiger partial charge in [0.05, 0.1) is 24.1 Å². The number of thiazole rings is 1. The number of pyridine rings is 1. The lowest BCUT2D eigenvalue weighted by Crippen LogP contribution is -2.15. The van der Waals surface area contributed by atoms with Gasteiger partial charge < -0.3 is 19.5 Å². The first-order chi connectivity index (χ1) is 14.4. The summed E-state index contributed by atoms with van der Waals surface area (Å²) in [6.07, 6.45) is 0. The Kier molecular flexibility index (Phi) is 5.78. The van der Waals surface area contributed by atoms with E-state index in [2.05, 4.69) is 15.3 Å². The molecule has 0 aliphatic carbocycles. The molecule has 1 aliphatic rings. The van der Waals surface area contributed by atoms with Crippen LogP contribution in [0.5, 0.6) is 11.5 Å². The number of nitrogens with one attached hydrogen (secondary N) is 1. The third-order valence-corrected chi connectivity index (χ3v) is 6.52. The molecular formula is C20H19N3O5S2. The SMILES string of the molecule is COC(=O)c1sc(NC(=O)CSc2nc3cc4c(cc3cc2C)OCCO4)nc1C. The van der Waals surface area contributed by atoms with Gasteiger partial charge in [-0.1, -0.05) is 23.1 Å². The number of aromatic nitrogens is 2. The molecule has 1 aliphatic heterocycles. The number of methoxy groups -OCH3 is 1. The van der Waals surface area contributed by atoms with Crippen molar-refractivity contribution in [2.75, 3.05) is 31.4 Å². The summed E-state index contributed by atoms with van der Waals surface area (Å²) in [6.45, 7) is 4.70. The predicted octanol–water partition coefficient (Wildman–Crippen LogP) is 3.60. The van der Waals surface area contributed by atoms with Crippen LogP contribution in [-0.4, -0.2) is 47.9 Å². The van der Waals surface area contributed by atoms with Crippen LogP contribution in [0.15, 0.2) is 23.2 Å². The average Bonchev–Trinajstić information content (AvgIpc) is 3.10. The van der Waals surface area contributed by atoms with Gasteiger partial charge >= 0.3 is 5.97 Å². The molecule has 2 aromatic heterocycles. The van der Waals surface area contributed by atoms with E-state index in [0.29, 0.717) is 34.7 Å². The van der Waals surface area contributed by atoms with Crippen molar-refractivity contribution in [3.63, 3.8) is 0 Å². The zero-order valence-corrected chi connectivity index (χ0v) is 18.2. The van der Waals surface area contributed by atoms with E-state index in [1.54, 1.807) is 6.92 Å². The minimum absolute atomic E-state index is 0.163. The molecule has 1 aromatic carbocycles. The highest BCUT2D eigenvalue weighted by Crippen LogP contribution is 2.35. The second-order valence-electron chi connectivity index (χ2n) is 6.56. The number of carbonyl (C=O) groups excluding carboxylic acids is 2. The molecular weight excluding hydrogens is 426 g/mol. The largest absolute Gasteiger partial charge is 0.486 e. The molecule has 4 rings (SSSR count). The number of aryl methyl sites for hydroxylation is 2. The normalized spacial score (nSPS) is 12.6. The molecule has 3 aromatic rings. The fourth-order valence-electron chi connectivity index (χ4n) is 2.97. The molecule has 1 N–H and O–H groups in total. The zero-order valence-electron chi connectivity index (χ0n) is 16.6. The lowest BCUT2D eigenvalue weighted by molar-refractivity contribution is -0.113. The number of carbonyl (C=O) groups is 2. The van der Waals surface area contributed by atoms with Crippen molar-refractivity contribution in [1.29, 1.82) is 0 Å². The molecule has 10 heteroatoms. The van der Waals surface area contributed by atoms with Crippen LogP contribution in [0.4, 0.5) is 5.13 Å². The number of thioether (sulfide) groups is 1. The molecule has 8 nitrogen and oxygen atoms in total. The van der Waals surface area contributed by atoms with Crippen molar-refractivity contribution >= 4 is 51.0 Å². The lowest BCUT2D eigenvalue weighted by Gasteiger charge is -2.19. The summed E-state index contributed by atoms with van der Waals surface area (Å²) < 4.78 is 16.0. The molecule has 156 valence electrons. The second-order valence-corrected chi connectivity index (χ2v) is 8.52. The van der Waals surface area contributed by atoms with Gasteiger partial charge in [-0.25, -0.2) is 14.8 Å². The molecule has 0 fully saturated rings. The highest BCUT2D eigenvalue weighted by atomic mass is 32.2. The third-order valence-electron chi connectivity index (χ3n) is 4.38. The van der Waals surface area contributed by atoms with Crippen molar-refractivity contribution in [1.82, 2.24) is 9.97 Å². The number of hydrogen-bond acceptors (Lipinski definition) is 9. The van der Waals surface area contributed by atoms with Gasteiger partial charge in [0.15, 0.2) is 16.6 Å². The summed E-state index contributed by atoms with van der Waals surface area (Å²) in [5.74, 6) is 0.871. The smallest absolute Gasteiger partial charge is 0.350 e. The van der Waals surface area contributed by atoms with E-state index in [0.717, 1.165) is 38.6 Å². The predicted molar refractivity (Wildman–Crippen MR) is 115 cm³/mol. The Morgan fingerprint density at radius 1 is 1.17 bits per heavy atom. The van der Waals surface area contributed by atoms with Crippen LogP contribution in [0.2, 0.25) is 0 Å². The van der Waals surface area contributed by atoms with E-state index in [1.807, 2.05) is 25.1 Å². The van der Waals surface area contributed by atoms with Gasteiger partial charge in [0, 0.05) is 11.5 Å². The molecule has 0 unspecified atom stereocenters. The van der Waals surface area contributed by atoms with Gasteiger partial charge in [-0.2, -0.15) is 0 Å². The Morgan fingerprint density at radius 2 is 1.90 bits per heavy atom. The van der Waals surface area contributed by atoms with Crippen LogP contribution in [0.25, 0.3) is 10.9 Å². The first-order valence-corrected chi connectivity index (χ1v) is 10.9. The van der Waals surface area contributed by atoms with Crippen LogP contribution in [0.1, 0.15) is 20.9 Å². The molecule has 0 saturated heterocycles. The molecule has 0 radical (unpaired) electrons. The van der Waals surface area contributed by atoms with Crippen molar-refractivity contribution in [3.05, 3.63) is 34.3 Å². The highest BCUT2D eigenvalue weighted by Gasteiger charge is 2.18. The molecule has 0 spiro atoms. The van der Waals surface area contributed by atoms with Gasteiger partial charge in [0.2, 0.25) is 5.91 Å². The van der Waals surface area contributed by atoms with Gasteiger partial charge in [-0.15, -0.1) is 0 Å². The quantitative estimate of drug-likeness (QED) is 0.470. The third kappa shape index (κ3) is 4.19. The first kappa shape index (κ1) is 20.4. The van der Waals surface area contributed by atoms with E-state index >= 15 is 0 Å². The van der Waals surface area contributed by atoms with E-state index in [-0.39, 0.29) is 11.7 Å². The summed E-state index contributed by atoms with van der Waals surface area (Å²) in [4.78, 5) is 33.3. The van der Waals surface area contributed by atoms with E-state index in [1.165, 1.54) is 18.9 Å². The number of benzene rings is 1. The minimum Gasteiger partial charge on any atom is -0.486 e. The zero-order chi connectivity index (χ0) is 21.3. The first-order valence-electron chi connectivity index (χ1n) is 9.14. The Morgan fingerprint density at radius 3 is 2.63 bits per heavy atom. The standard InChI is InChI=1S/C20H19N3O5S2/c1-10-6-12-7-14-15(28-5-4-27-14)8-13(12)22-18(10)29-9-16(24)23-20-21-11(2)17(30-20)19(25)26-3/h6-8H,4-5,9H2,1-3H3,(H,21,23,24).